The highest BCUT2D eigenvalue weighted by atomic mass is 16.5. The van der Waals surface area contributed by atoms with Crippen LogP contribution in [0, 0.1) is 19.8 Å². The molecule has 1 saturated heterocycles. The van der Waals surface area contributed by atoms with Crippen molar-refractivity contribution in [3.8, 4) is 17.2 Å². The molecule has 1 N–H and O–H groups in total. The van der Waals surface area contributed by atoms with E-state index in [1.165, 1.54) is 4.90 Å². The van der Waals surface area contributed by atoms with Crippen LogP contribution >= 0.6 is 0 Å². The molecule has 3 aromatic rings. The molecule has 1 atom stereocenters. The molecule has 7 nitrogen and oxygen atoms in total. The minimum atomic E-state index is -0.892. The first-order valence-corrected chi connectivity index (χ1v) is 13.1. The van der Waals surface area contributed by atoms with Crippen molar-refractivity contribution in [3.63, 3.8) is 0 Å². The largest absolute Gasteiger partial charge is 0.507 e. The van der Waals surface area contributed by atoms with Crippen LogP contribution in [0.25, 0.3) is 5.76 Å². The maximum atomic E-state index is 13.6. The molecule has 0 aliphatic carbocycles. The number of aryl methyl sites for hydroxylation is 2. The number of carbonyl (C=O) groups excluding carboxylic acids is 2. The van der Waals surface area contributed by atoms with Crippen LogP contribution in [0.1, 0.15) is 49.1 Å². The molecule has 0 bridgehead atoms. The van der Waals surface area contributed by atoms with Crippen LogP contribution in [0.2, 0.25) is 0 Å². The molecule has 204 valence electrons. The molecule has 7 heteroatoms. The maximum Gasteiger partial charge on any atom is 0.300 e. The molecular weight excluding hydrogens is 494 g/mol. The minimum Gasteiger partial charge on any atom is -0.507 e. The summed E-state index contributed by atoms with van der Waals surface area (Å²) in [6, 6.07) is 17.0. The van der Waals surface area contributed by atoms with Gasteiger partial charge in [-0.3, -0.25) is 14.5 Å². The van der Waals surface area contributed by atoms with Crippen LogP contribution in [-0.4, -0.2) is 37.1 Å². The lowest BCUT2D eigenvalue weighted by Gasteiger charge is -2.27. The van der Waals surface area contributed by atoms with Gasteiger partial charge in [0.15, 0.2) is 11.5 Å². The molecule has 0 saturated carbocycles. The van der Waals surface area contributed by atoms with Gasteiger partial charge in [-0.15, -0.1) is 0 Å². The molecular formula is C32H35NO6. The summed E-state index contributed by atoms with van der Waals surface area (Å²) in [7, 11) is 1.55. The van der Waals surface area contributed by atoms with Crippen LogP contribution < -0.4 is 19.1 Å². The van der Waals surface area contributed by atoms with Gasteiger partial charge in [-0.25, -0.2) is 0 Å². The van der Waals surface area contributed by atoms with Gasteiger partial charge in [0.05, 0.1) is 31.9 Å². The summed E-state index contributed by atoms with van der Waals surface area (Å²) in [5.41, 5.74) is 3.45. The van der Waals surface area contributed by atoms with Crippen molar-refractivity contribution in [2.75, 3.05) is 25.2 Å². The van der Waals surface area contributed by atoms with E-state index in [2.05, 4.69) is 0 Å². The van der Waals surface area contributed by atoms with Crippen LogP contribution in [0.15, 0.2) is 66.2 Å². The average molecular weight is 530 g/mol. The number of aliphatic hydroxyl groups excluding tert-OH is 1. The molecule has 1 amide bonds. The molecule has 3 aromatic carbocycles. The minimum absolute atomic E-state index is 0.00593. The van der Waals surface area contributed by atoms with Crippen LogP contribution in [0.4, 0.5) is 5.69 Å². The molecule has 1 aliphatic rings. The zero-order chi connectivity index (χ0) is 28.3. The standard InChI is InChI=1S/C32H35NO6/c1-7-38-27-17-22(12-14-26(27)37-6)29-28(30(34)23-9-8-10-24(16-23)39-18-19(2)3)31(35)32(36)33(29)25-13-11-20(4)15-21(25)5/h8-17,19,29,34H,7,18H2,1-6H3/b30-28+. The first-order chi connectivity index (χ1) is 18.7. The SMILES string of the molecule is CCOc1cc(C2/C(=C(\O)c3cccc(OCC(C)C)c3)C(=O)C(=O)N2c2ccc(C)cc2C)ccc1OC. The Hall–Kier alpha value is -4.26. The second-order valence-corrected chi connectivity index (χ2v) is 10.0. The van der Waals surface area contributed by atoms with Gasteiger partial charge in [-0.1, -0.05) is 49.7 Å². The van der Waals surface area contributed by atoms with Crippen LogP contribution in [0.5, 0.6) is 17.2 Å². The highest BCUT2D eigenvalue weighted by Gasteiger charge is 2.47. The zero-order valence-corrected chi connectivity index (χ0v) is 23.3. The number of nitrogens with zero attached hydrogens (tertiary/aromatic N) is 1. The first kappa shape index (κ1) is 27.8. The molecule has 1 fully saturated rings. The Morgan fingerprint density at radius 2 is 1.74 bits per heavy atom. The Morgan fingerprint density at radius 3 is 2.41 bits per heavy atom. The third-order valence-corrected chi connectivity index (χ3v) is 6.55. The Labute approximate surface area is 229 Å². The quantitative estimate of drug-likeness (QED) is 0.197. The van der Waals surface area contributed by atoms with Gasteiger partial charge in [0.2, 0.25) is 0 Å². The van der Waals surface area contributed by atoms with Gasteiger partial charge in [-0.2, -0.15) is 0 Å². The molecule has 4 rings (SSSR count). The molecule has 1 unspecified atom stereocenters. The predicted octanol–water partition coefficient (Wildman–Crippen LogP) is 6.37. The van der Waals surface area contributed by atoms with E-state index in [9.17, 15) is 14.7 Å². The monoisotopic (exact) mass is 529 g/mol. The molecule has 1 heterocycles. The van der Waals surface area contributed by atoms with Crippen molar-refractivity contribution >= 4 is 23.1 Å². The molecule has 0 aromatic heterocycles. The number of hydrogen-bond donors (Lipinski definition) is 1. The lowest BCUT2D eigenvalue weighted by molar-refractivity contribution is -0.132. The van der Waals surface area contributed by atoms with E-state index in [4.69, 9.17) is 14.2 Å². The van der Waals surface area contributed by atoms with Gasteiger partial charge in [0.25, 0.3) is 11.7 Å². The first-order valence-electron chi connectivity index (χ1n) is 13.1. The zero-order valence-electron chi connectivity index (χ0n) is 23.3. The maximum absolute atomic E-state index is 13.6. The highest BCUT2D eigenvalue weighted by molar-refractivity contribution is 6.51. The van der Waals surface area contributed by atoms with Gasteiger partial charge >= 0.3 is 0 Å². The number of ketones is 1. The highest BCUT2D eigenvalue weighted by Crippen LogP contribution is 2.45. The number of methoxy groups -OCH3 is 1. The number of benzene rings is 3. The summed E-state index contributed by atoms with van der Waals surface area (Å²) in [6.45, 7) is 10.7. The van der Waals surface area contributed by atoms with Gasteiger partial charge in [-0.05, 0) is 68.1 Å². The van der Waals surface area contributed by atoms with Crippen LogP contribution in [-0.2, 0) is 9.59 Å². The second-order valence-electron chi connectivity index (χ2n) is 10.0. The lowest BCUT2D eigenvalue weighted by Crippen LogP contribution is -2.30. The number of ether oxygens (including phenoxy) is 3. The fourth-order valence-electron chi connectivity index (χ4n) is 4.76. The average Bonchev–Trinajstić information content (AvgIpc) is 3.17. The number of aliphatic hydroxyl groups is 1. The van der Waals surface area contributed by atoms with E-state index in [-0.39, 0.29) is 11.3 Å². The van der Waals surface area contributed by atoms with Gasteiger partial charge < -0.3 is 19.3 Å². The van der Waals surface area contributed by atoms with Crippen molar-refractivity contribution in [1.29, 1.82) is 0 Å². The Kier molecular flexibility index (Phi) is 8.29. The molecule has 39 heavy (non-hydrogen) atoms. The van der Waals surface area contributed by atoms with Crippen molar-refractivity contribution in [2.45, 2.75) is 40.7 Å². The third-order valence-electron chi connectivity index (χ3n) is 6.55. The normalized spacial score (nSPS) is 16.6. The van der Waals surface area contributed by atoms with Gasteiger partial charge in [0, 0.05) is 11.3 Å². The number of Topliss-reactive ketones (excluding diaryl/α,β-unsaturated/α-hetero) is 1. The molecule has 0 radical (unpaired) electrons. The summed E-state index contributed by atoms with van der Waals surface area (Å²) in [5.74, 6) is 0.145. The third kappa shape index (κ3) is 5.62. The number of rotatable bonds is 9. The van der Waals surface area contributed by atoms with E-state index in [0.29, 0.717) is 53.2 Å². The predicted molar refractivity (Wildman–Crippen MR) is 152 cm³/mol. The van der Waals surface area contributed by atoms with E-state index >= 15 is 0 Å². The number of carbonyl (C=O) groups is 2. The van der Waals surface area contributed by atoms with Crippen molar-refractivity contribution in [3.05, 3.63) is 88.5 Å². The van der Waals surface area contributed by atoms with Crippen molar-refractivity contribution < 1.29 is 28.9 Å². The van der Waals surface area contributed by atoms with E-state index in [0.717, 1.165) is 11.1 Å². The summed E-state index contributed by atoms with van der Waals surface area (Å²) < 4.78 is 17.1. The smallest absolute Gasteiger partial charge is 0.300 e. The fraction of sp³-hybridized carbons (Fsp3) is 0.312. The summed E-state index contributed by atoms with van der Waals surface area (Å²) in [4.78, 5) is 28.7. The van der Waals surface area contributed by atoms with E-state index < -0.39 is 17.7 Å². The Balaban J connectivity index is 1.93. The molecule has 1 aliphatic heterocycles. The van der Waals surface area contributed by atoms with Gasteiger partial charge in [0.1, 0.15) is 11.5 Å². The fourth-order valence-corrected chi connectivity index (χ4v) is 4.76. The number of hydrogen-bond acceptors (Lipinski definition) is 6. The number of amides is 1. The number of anilines is 1. The summed E-state index contributed by atoms with van der Waals surface area (Å²) in [6.07, 6.45) is 0. The lowest BCUT2D eigenvalue weighted by atomic mass is 9.94. The van der Waals surface area contributed by atoms with Crippen molar-refractivity contribution in [2.24, 2.45) is 5.92 Å². The topological polar surface area (TPSA) is 85.3 Å². The van der Waals surface area contributed by atoms with Crippen molar-refractivity contribution in [1.82, 2.24) is 0 Å². The second kappa shape index (κ2) is 11.6. The molecule has 0 spiro atoms. The van der Waals surface area contributed by atoms with E-state index in [1.54, 1.807) is 49.6 Å². The summed E-state index contributed by atoms with van der Waals surface area (Å²) in [5, 5.41) is 11.6. The Morgan fingerprint density at radius 1 is 0.974 bits per heavy atom. The summed E-state index contributed by atoms with van der Waals surface area (Å²) >= 11 is 0. The Bertz CT molecular complexity index is 1420. The van der Waals surface area contributed by atoms with E-state index in [1.807, 2.05) is 52.8 Å². The van der Waals surface area contributed by atoms with Crippen LogP contribution in [0.3, 0.4) is 0 Å².